The van der Waals surface area contributed by atoms with Crippen LogP contribution in [0.25, 0.3) is 0 Å². The summed E-state index contributed by atoms with van der Waals surface area (Å²) < 4.78 is 0. The molecule has 0 saturated heterocycles. The fourth-order valence-electron chi connectivity index (χ4n) is 1.69. The van der Waals surface area contributed by atoms with Crippen LogP contribution in [0.5, 0.6) is 0 Å². The molecule has 1 aromatic rings. The van der Waals surface area contributed by atoms with Gasteiger partial charge in [0.05, 0.1) is 12.0 Å². The van der Waals surface area contributed by atoms with Crippen molar-refractivity contribution >= 4 is 29.2 Å². The fraction of sp³-hybridized carbons (Fsp3) is 0.333. The average molecular weight is 316 g/mol. The number of benzene rings is 1. The minimum absolute atomic E-state index is 0. The number of likely N-dealkylation sites (N-methyl/N-ethyl adjacent to an activating group) is 1. The molecule has 1 unspecified atom stereocenters. The van der Waals surface area contributed by atoms with Crippen LogP contribution < -0.4 is 74.2 Å². The summed E-state index contributed by atoms with van der Waals surface area (Å²) in [4.78, 5) is 23.0. The molecule has 8 heteroatoms. The Morgan fingerprint density at radius 1 is 1.20 bits per heavy atom. The van der Waals surface area contributed by atoms with E-state index in [-0.39, 0.29) is 59.1 Å². The van der Waals surface area contributed by atoms with Gasteiger partial charge in [0.1, 0.15) is 0 Å². The number of nitrogens with zero attached hydrogens (tertiary/aromatic N) is 1. The van der Waals surface area contributed by atoms with Crippen molar-refractivity contribution in [3.63, 3.8) is 0 Å². The molecule has 0 aliphatic heterocycles. The van der Waals surface area contributed by atoms with E-state index in [4.69, 9.17) is 11.6 Å². The Kier molecular flexibility index (Phi) is 12.3. The van der Waals surface area contributed by atoms with Gasteiger partial charge in [0.15, 0.2) is 0 Å². The van der Waals surface area contributed by atoms with Gasteiger partial charge in [0.2, 0.25) is 0 Å². The molecule has 0 aliphatic carbocycles. The van der Waals surface area contributed by atoms with Gasteiger partial charge < -0.3 is 24.7 Å². The molecule has 20 heavy (non-hydrogen) atoms. The van der Waals surface area contributed by atoms with Crippen LogP contribution in [0, 0.1) is 0 Å². The number of rotatable bonds is 6. The number of carboxylic acid groups (broad SMARTS) is 2. The molecular weight excluding hydrogens is 304 g/mol. The Morgan fingerprint density at radius 2 is 1.70 bits per heavy atom. The second-order valence-electron chi connectivity index (χ2n) is 3.67. The molecule has 1 atom stereocenters. The first-order chi connectivity index (χ1) is 8.45. The van der Waals surface area contributed by atoms with Gasteiger partial charge in [0, 0.05) is 29.6 Å². The number of hydrogen-bond acceptors (Lipinski definition) is 5. The van der Waals surface area contributed by atoms with Gasteiger partial charge in [-0.25, -0.2) is 0 Å². The van der Waals surface area contributed by atoms with E-state index in [2.05, 4.69) is 0 Å². The van der Waals surface area contributed by atoms with Crippen molar-refractivity contribution in [3.05, 3.63) is 29.3 Å². The van der Waals surface area contributed by atoms with Crippen molar-refractivity contribution in [2.75, 3.05) is 11.4 Å². The number of carboxylic acids is 2. The van der Waals surface area contributed by atoms with Gasteiger partial charge in [-0.05, 0) is 31.2 Å². The summed E-state index contributed by atoms with van der Waals surface area (Å²) in [7, 11) is 0. The molecule has 0 heterocycles. The molecule has 0 N–H and O–H groups in total. The third-order valence-electron chi connectivity index (χ3n) is 2.51. The average Bonchev–Trinajstić information content (AvgIpc) is 2.30. The van der Waals surface area contributed by atoms with E-state index in [1.54, 1.807) is 31.2 Å². The maximum atomic E-state index is 11.0. The number of anilines is 1. The molecule has 0 bridgehead atoms. The van der Waals surface area contributed by atoms with Crippen LogP contribution in [-0.2, 0) is 9.59 Å². The molecular formula is C12H12ClNNa2O4. The van der Waals surface area contributed by atoms with Gasteiger partial charge in [0.25, 0.3) is 0 Å². The van der Waals surface area contributed by atoms with E-state index < -0.39 is 24.4 Å². The van der Waals surface area contributed by atoms with Crippen LogP contribution in [0.1, 0.15) is 13.3 Å². The predicted octanol–water partition coefficient (Wildman–Crippen LogP) is -6.57. The van der Waals surface area contributed by atoms with Crippen LogP contribution in [0.3, 0.4) is 0 Å². The summed E-state index contributed by atoms with van der Waals surface area (Å²) >= 11 is 5.73. The third-order valence-corrected chi connectivity index (χ3v) is 2.76. The van der Waals surface area contributed by atoms with E-state index >= 15 is 0 Å². The summed E-state index contributed by atoms with van der Waals surface area (Å²) in [5.41, 5.74) is 0.567. The van der Waals surface area contributed by atoms with E-state index in [0.717, 1.165) is 0 Å². The zero-order chi connectivity index (χ0) is 13.7. The quantitative estimate of drug-likeness (QED) is 0.488. The van der Waals surface area contributed by atoms with E-state index in [9.17, 15) is 19.8 Å². The fourth-order valence-corrected chi connectivity index (χ4v) is 1.82. The second kappa shape index (κ2) is 10.9. The van der Waals surface area contributed by atoms with Crippen molar-refractivity contribution in [3.8, 4) is 0 Å². The van der Waals surface area contributed by atoms with Crippen LogP contribution in [0.4, 0.5) is 5.69 Å². The molecule has 0 spiro atoms. The van der Waals surface area contributed by atoms with Crippen LogP contribution in [0.2, 0.25) is 5.02 Å². The van der Waals surface area contributed by atoms with Crippen molar-refractivity contribution in [1.29, 1.82) is 0 Å². The van der Waals surface area contributed by atoms with Gasteiger partial charge >= 0.3 is 59.1 Å². The number of aliphatic carboxylic acids is 2. The first-order valence-electron chi connectivity index (χ1n) is 5.38. The Labute approximate surface area is 166 Å². The molecule has 98 valence electrons. The van der Waals surface area contributed by atoms with E-state index in [1.165, 1.54) is 4.90 Å². The van der Waals surface area contributed by atoms with Gasteiger partial charge in [-0.2, -0.15) is 0 Å². The summed E-state index contributed by atoms with van der Waals surface area (Å²) in [6, 6.07) is 5.19. The van der Waals surface area contributed by atoms with Gasteiger partial charge in [-0.3, -0.25) is 0 Å². The summed E-state index contributed by atoms with van der Waals surface area (Å²) in [5, 5.41) is 22.1. The minimum Gasteiger partial charge on any atom is -0.550 e. The number of hydrogen-bond donors (Lipinski definition) is 0. The molecule has 5 nitrogen and oxygen atoms in total. The maximum absolute atomic E-state index is 11.0. The first kappa shape index (κ1) is 22.5. The third kappa shape index (κ3) is 6.80. The summed E-state index contributed by atoms with van der Waals surface area (Å²) in [6.45, 7) is 2.05. The largest absolute Gasteiger partial charge is 1.00 e. The van der Waals surface area contributed by atoms with Crippen molar-refractivity contribution in [2.45, 2.75) is 19.4 Å². The molecule has 0 aliphatic rings. The van der Waals surface area contributed by atoms with Gasteiger partial charge in [-0.1, -0.05) is 11.6 Å². The summed E-state index contributed by atoms with van der Waals surface area (Å²) in [6.07, 6.45) is -0.626. The number of carbonyl (C=O) groups is 2. The van der Waals surface area contributed by atoms with E-state index in [1.807, 2.05) is 0 Å². The van der Waals surface area contributed by atoms with Crippen molar-refractivity contribution < 1.29 is 78.9 Å². The van der Waals surface area contributed by atoms with Crippen LogP contribution in [-0.4, -0.2) is 24.5 Å². The van der Waals surface area contributed by atoms with Gasteiger partial charge in [-0.15, -0.1) is 0 Å². The molecule has 0 aromatic heterocycles. The molecule has 0 saturated carbocycles. The smallest absolute Gasteiger partial charge is 0.550 e. The molecule has 0 fully saturated rings. The Morgan fingerprint density at radius 3 is 2.05 bits per heavy atom. The molecule has 0 amide bonds. The summed E-state index contributed by atoms with van der Waals surface area (Å²) in [5.74, 6) is -2.88. The first-order valence-corrected chi connectivity index (χ1v) is 5.76. The Hall–Kier alpha value is 0.250. The number of carbonyl (C=O) groups excluding carboxylic acids is 2. The Bertz CT molecular complexity index is 442. The minimum atomic E-state index is -1.45. The standard InChI is InChI=1S/C12H14ClNO4.2Na/c1-2-14(9-5-3-8(13)4-6-9)10(12(17)18)7-11(15)16;;/h3-6,10H,2,7H2,1H3,(H,15,16)(H,17,18);;/q;2*+1/p-2. The zero-order valence-corrected chi connectivity index (χ0v) is 16.5. The number of halogens is 1. The second-order valence-corrected chi connectivity index (χ2v) is 4.11. The molecule has 0 radical (unpaired) electrons. The monoisotopic (exact) mass is 315 g/mol. The maximum Gasteiger partial charge on any atom is 1.00 e. The SMILES string of the molecule is CCN(c1ccc(Cl)cc1)C(CC(=O)[O-])C(=O)[O-].[Na+].[Na+]. The van der Waals surface area contributed by atoms with Crippen molar-refractivity contribution in [1.82, 2.24) is 0 Å². The zero-order valence-electron chi connectivity index (χ0n) is 11.8. The van der Waals surface area contributed by atoms with Crippen molar-refractivity contribution in [2.24, 2.45) is 0 Å². The Balaban J connectivity index is 0. The normalized spacial score (nSPS) is 10.7. The predicted molar refractivity (Wildman–Crippen MR) is 62.9 cm³/mol. The topological polar surface area (TPSA) is 83.5 Å². The van der Waals surface area contributed by atoms with Crippen LogP contribution >= 0.6 is 11.6 Å². The van der Waals surface area contributed by atoms with Crippen LogP contribution in [0.15, 0.2) is 24.3 Å². The molecule has 1 rings (SSSR count). The molecule has 1 aromatic carbocycles. The van der Waals surface area contributed by atoms with E-state index in [0.29, 0.717) is 17.3 Å².